The van der Waals surface area contributed by atoms with E-state index in [4.69, 9.17) is 0 Å². The van der Waals surface area contributed by atoms with E-state index in [1.54, 1.807) is 11.6 Å². The first-order chi connectivity index (χ1) is 9.77. The first-order valence-electron chi connectivity index (χ1n) is 7.47. The van der Waals surface area contributed by atoms with E-state index in [9.17, 15) is 8.42 Å². The Bertz CT molecular complexity index is 564. The van der Waals surface area contributed by atoms with Crippen LogP contribution in [0, 0.1) is 13.8 Å². The Balaban J connectivity index is 3.18. The van der Waals surface area contributed by atoms with Crippen LogP contribution in [0.25, 0.3) is 0 Å². The molecule has 0 spiro atoms. The Labute approximate surface area is 128 Å². The van der Waals surface area contributed by atoms with Crippen LogP contribution in [-0.4, -0.2) is 48.7 Å². The van der Waals surface area contributed by atoms with Crippen molar-refractivity contribution in [1.29, 1.82) is 0 Å². The van der Waals surface area contributed by atoms with Crippen molar-refractivity contribution in [3.8, 4) is 0 Å². The monoisotopic (exact) mass is 316 g/mol. The maximum absolute atomic E-state index is 12.9. The molecule has 0 atom stereocenters. The van der Waals surface area contributed by atoms with Crippen molar-refractivity contribution in [2.45, 2.75) is 58.5 Å². The zero-order valence-electron chi connectivity index (χ0n) is 14.0. The van der Waals surface area contributed by atoms with Gasteiger partial charge in [0.05, 0.1) is 11.4 Å². The lowest BCUT2D eigenvalue weighted by Gasteiger charge is -2.24. The fraction of sp³-hybridized carbons (Fsp3) is 0.786. The number of hydrogen-bond acceptors (Lipinski definition) is 4. The van der Waals surface area contributed by atoms with Crippen molar-refractivity contribution in [3.63, 3.8) is 0 Å². The lowest BCUT2D eigenvalue weighted by Crippen LogP contribution is -2.37. The summed E-state index contributed by atoms with van der Waals surface area (Å²) in [4.78, 5) is 0.363. The maximum atomic E-state index is 12.9. The first-order valence-corrected chi connectivity index (χ1v) is 8.91. The molecule has 122 valence electrons. The average molecular weight is 316 g/mol. The lowest BCUT2D eigenvalue weighted by atomic mass is 10.4. The van der Waals surface area contributed by atoms with E-state index in [2.05, 4.69) is 10.4 Å². The Morgan fingerprint density at radius 1 is 1.33 bits per heavy atom. The second-order valence-electron chi connectivity index (χ2n) is 5.48. The highest BCUT2D eigenvalue weighted by atomic mass is 32.2. The van der Waals surface area contributed by atoms with Crippen molar-refractivity contribution >= 4 is 10.0 Å². The van der Waals surface area contributed by atoms with Crippen molar-refractivity contribution < 1.29 is 8.42 Å². The van der Waals surface area contributed by atoms with Gasteiger partial charge in [-0.25, -0.2) is 8.42 Å². The third kappa shape index (κ3) is 3.84. The van der Waals surface area contributed by atoms with Crippen LogP contribution in [0.15, 0.2) is 4.90 Å². The average Bonchev–Trinajstić information content (AvgIpc) is 2.65. The van der Waals surface area contributed by atoms with Crippen LogP contribution in [0.5, 0.6) is 0 Å². The molecule has 1 heterocycles. The molecule has 7 heteroatoms. The van der Waals surface area contributed by atoms with Crippen LogP contribution in [0.1, 0.15) is 38.6 Å². The smallest absolute Gasteiger partial charge is 0.246 e. The van der Waals surface area contributed by atoms with Gasteiger partial charge in [0.25, 0.3) is 0 Å². The molecule has 0 unspecified atom stereocenters. The Morgan fingerprint density at radius 2 is 1.95 bits per heavy atom. The summed E-state index contributed by atoms with van der Waals surface area (Å²) in [5.41, 5.74) is 1.30. The number of aryl methyl sites for hydroxylation is 2. The highest BCUT2D eigenvalue weighted by molar-refractivity contribution is 7.89. The fourth-order valence-corrected chi connectivity index (χ4v) is 4.63. The van der Waals surface area contributed by atoms with E-state index in [1.165, 1.54) is 4.31 Å². The summed E-state index contributed by atoms with van der Waals surface area (Å²) in [6, 6.07) is -0.0635. The highest BCUT2D eigenvalue weighted by Crippen LogP contribution is 2.25. The minimum Gasteiger partial charge on any atom is -0.320 e. The van der Waals surface area contributed by atoms with Crippen LogP contribution in [0.3, 0.4) is 0 Å². The zero-order chi connectivity index (χ0) is 16.2. The highest BCUT2D eigenvalue weighted by Gasteiger charge is 2.31. The van der Waals surface area contributed by atoms with Gasteiger partial charge in [0.1, 0.15) is 4.90 Å². The molecule has 1 aromatic heterocycles. The SMILES string of the molecule is CCN(C(C)C)S(=O)(=O)c1c(C)nn(CCCNC)c1C. The van der Waals surface area contributed by atoms with Crippen LogP contribution in [-0.2, 0) is 16.6 Å². The zero-order valence-corrected chi connectivity index (χ0v) is 14.8. The molecular weight excluding hydrogens is 288 g/mol. The van der Waals surface area contributed by atoms with E-state index in [-0.39, 0.29) is 6.04 Å². The standard InChI is InChI=1S/C14H28N4O2S/c1-7-18(11(2)3)21(19,20)14-12(4)16-17(13(14)5)10-8-9-15-6/h11,15H,7-10H2,1-6H3. The summed E-state index contributed by atoms with van der Waals surface area (Å²) in [6.45, 7) is 11.3. The van der Waals surface area contributed by atoms with Gasteiger partial charge < -0.3 is 5.32 Å². The molecule has 0 aromatic carbocycles. The third-order valence-corrected chi connectivity index (χ3v) is 5.97. The van der Waals surface area contributed by atoms with Gasteiger partial charge >= 0.3 is 0 Å². The largest absolute Gasteiger partial charge is 0.320 e. The summed E-state index contributed by atoms with van der Waals surface area (Å²) >= 11 is 0. The normalized spacial score (nSPS) is 12.6. The molecule has 1 N–H and O–H groups in total. The van der Waals surface area contributed by atoms with E-state index in [0.717, 1.165) is 25.2 Å². The second kappa shape index (κ2) is 7.38. The maximum Gasteiger partial charge on any atom is 0.246 e. The number of hydrogen-bond donors (Lipinski definition) is 1. The van der Waals surface area contributed by atoms with Crippen molar-refractivity contribution in [2.75, 3.05) is 20.1 Å². The Hall–Kier alpha value is -0.920. The van der Waals surface area contributed by atoms with Gasteiger partial charge in [0.2, 0.25) is 10.0 Å². The van der Waals surface area contributed by atoms with Crippen LogP contribution in [0.4, 0.5) is 0 Å². The molecule has 0 amide bonds. The molecule has 0 aliphatic carbocycles. The minimum atomic E-state index is -3.49. The number of rotatable bonds is 8. The van der Waals surface area contributed by atoms with Crippen molar-refractivity contribution in [2.24, 2.45) is 0 Å². The molecule has 1 rings (SSSR count). The minimum absolute atomic E-state index is 0.0635. The number of nitrogens with zero attached hydrogens (tertiary/aromatic N) is 3. The lowest BCUT2D eigenvalue weighted by molar-refractivity contribution is 0.368. The van der Waals surface area contributed by atoms with Crippen molar-refractivity contribution in [1.82, 2.24) is 19.4 Å². The third-order valence-electron chi connectivity index (χ3n) is 3.57. The van der Waals surface area contributed by atoms with Gasteiger partial charge in [-0.3, -0.25) is 4.68 Å². The summed E-state index contributed by atoms with van der Waals surface area (Å²) in [6.07, 6.45) is 0.916. The molecule has 21 heavy (non-hydrogen) atoms. The Kier molecular flexibility index (Phi) is 6.37. The van der Waals surface area contributed by atoms with Gasteiger partial charge in [-0.2, -0.15) is 9.40 Å². The number of sulfonamides is 1. The van der Waals surface area contributed by atoms with Gasteiger partial charge in [-0.05, 0) is 47.7 Å². The molecule has 0 radical (unpaired) electrons. The Morgan fingerprint density at radius 3 is 2.43 bits per heavy atom. The van der Waals surface area contributed by atoms with E-state index >= 15 is 0 Å². The van der Waals surface area contributed by atoms with Crippen LogP contribution < -0.4 is 5.32 Å². The summed E-state index contributed by atoms with van der Waals surface area (Å²) in [7, 11) is -1.59. The van der Waals surface area contributed by atoms with Crippen molar-refractivity contribution in [3.05, 3.63) is 11.4 Å². The second-order valence-corrected chi connectivity index (χ2v) is 7.31. The molecule has 0 aliphatic heterocycles. The molecule has 0 saturated carbocycles. The van der Waals surface area contributed by atoms with Crippen LogP contribution >= 0.6 is 0 Å². The van der Waals surface area contributed by atoms with Crippen LogP contribution in [0.2, 0.25) is 0 Å². The van der Waals surface area contributed by atoms with E-state index < -0.39 is 10.0 Å². The summed E-state index contributed by atoms with van der Waals surface area (Å²) in [5, 5.41) is 7.49. The predicted molar refractivity (Wildman–Crippen MR) is 84.9 cm³/mol. The summed E-state index contributed by atoms with van der Waals surface area (Å²) < 4.78 is 29.0. The summed E-state index contributed by atoms with van der Waals surface area (Å²) in [5.74, 6) is 0. The van der Waals surface area contributed by atoms with Gasteiger partial charge in [0, 0.05) is 19.1 Å². The van der Waals surface area contributed by atoms with E-state index in [1.807, 2.05) is 34.7 Å². The molecule has 0 bridgehead atoms. The number of aromatic nitrogens is 2. The van der Waals surface area contributed by atoms with E-state index in [0.29, 0.717) is 17.1 Å². The predicted octanol–water partition coefficient (Wildman–Crippen LogP) is 1.53. The fourth-order valence-electron chi connectivity index (χ4n) is 2.61. The molecule has 6 nitrogen and oxygen atoms in total. The molecule has 1 aromatic rings. The first kappa shape index (κ1) is 18.1. The van der Waals surface area contributed by atoms with Gasteiger partial charge in [-0.15, -0.1) is 0 Å². The molecule has 0 aliphatic rings. The van der Waals surface area contributed by atoms with Gasteiger partial charge in [-0.1, -0.05) is 6.92 Å². The van der Waals surface area contributed by atoms with Gasteiger partial charge in [0.15, 0.2) is 0 Å². The topological polar surface area (TPSA) is 67.2 Å². The number of nitrogens with one attached hydrogen (secondary N) is 1. The molecule has 0 fully saturated rings. The molecular formula is C14H28N4O2S. The molecule has 0 saturated heterocycles. The quantitative estimate of drug-likeness (QED) is 0.739.